The van der Waals surface area contributed by atoms with Gasteiger partial charge in [-0.3, -0.25) is 14.2 Å². The summed E-state index contributed by atoms with van der Waals surface area (Å²) in [5.41, 5.74) is 4.45. The van der Waals surface area contributed by atoms with Gasteiger partial charge in [0.05, 0.1) is 25.2 Å². The molecule has 0 spiro atoms. The van der Waals surface area contributed by atoms with Gasteiger partial charge < -0.3 is 5.32 Å². The lowest BCUT2D eigenvalue weighted by Gasteiger charge is -2.18. The second-order valence-electron chi connectivity index (χ2n) is 8.81. The molecule has 0 atom stereocenters. The molecule has 5 aromatic rings. The average Bonchev–Trinajstić information content (AvgIpc) is 3.32. The summed E-state index contributed by atoms with van der Waals surface area (Å²) in [5.74, 6) is -0.494. The highest BCUT2D eigenvalue weighted by Gasteiger charge is 2.22. The molecule has 0 fully saturated rings. The molecule has 7 nitrogen and oxygen atoms in total. The Hall–Kier alpha value is -4.52. The lowest BCUT2D eigenvalue weighted by atomic mass is 9.90. The normalized spacial score (nSPS) is 11.2. The lowest BCUT2D eigenvalue weighted by Crippen LogP contribution is -2.32. The summed E-state index contributed by atoms with van der Waals surface area (Å²) in [6, 6.07) is 27.5. The van der Waals surface area contributed by atoms with Crippen molar-refractivity contribution in [3.8, 4) is 0 Å². The third-order valence-electron chi connectivity index (χ3n) is 6.25. The summed E-state index contributed by atoms with van der Waals surface area (Å²) in [7, 11) is 0. The van der Waals surface area contributed by atoms with Crippen LogP contribution in [0.15, 0.2) is 102 Å². The lowest BCUT2D eigenvalue weighted by molar-refractivity contribution is -0.121. The predicted molar refractivity (Wildman–Crippen MR) is 140 cm³/mol. The summed E-state index contributed by atoms with van der Waals surface area (Å²) < 4.78 is 3.25. The van der Waals surface area contributed by atoms with E-state index in [4.69, 9.17) is 0 Å². The Kier molecular flexibility index (Phi) is 6.71. The van der Waals surface area contributed by atoms with Crippen LogP contribution < -0.4 is 10.9 Å². The van der Waals surface area contributed by atoms with Crippen molar-refractivity contribution >= 4 is 16.9 Å². The van der Waals surface area contributed by atoms with Gasteiger partial charge in [-0.25, -0.2) is 9.67 Å². The van der Waals surface area contributed by atoms with Gasteiger partial charge in [0.2, 0.25) is 5.91 Å². The van der Waals surface area contributed by atoms with Gasteiger partial charge in [0.1, 0.15) is 11.7 Å². The van der Waals surface area contributed by atoms with E-state index in [0.29, 0.717) is 30.7 Å². The highest BCUT2D eigenvalue weighted by molar-refractivity contribution is 5.87. The number of hydrogen-bond acceptors (Lipinski definition) is 4. The van der Waals surface area contributed by atoms with E-state index < -0.39 is 5.92 Å². The Labute approximate surface area is 209 Å². The average molecular weight is 478 g/mol. The summed E-state index contributed by atoms with van der Waals surface area (Å²) >= 11 is 0. The van der Waals surface area contributed by atoms with E-state index in [-0.39, 0.29) is 11.5 Å². The van der Waals surface area contributed by atoms with Gasteiger partial charge >= 0.3 is 0 Å². The van der Waals surface area contributed by atoms with Crippen LogP contribution in [0.3, 0.4) is 0 Å². The predicted octanol–water partition coefficient (Wildman–Crippen LogP) is 3.90. The van der Waals surface area contributed by atoms with Crippen LogP contribution in [0.1, 0.15) is 28.2 Å². The molecule has 36 heavy (non-hydrogen) atoms. The summed E-state index contributed by atoms with van der Waals surface area (Å²) in [6.07, 6.45) is 3.11. The highest BCUT2D eigenvalue weighted by atomic mass is 16.2. The Balaban J connectivity index is 1.29. The molecule has 5 rings (SSSR count). The van der Waals surface area contributed by atoms with Crippen LogP contribution in [0.5, 0.6) is 0 Å². The van der Waals surface area contributed by atoms with Crippen LogP contribution in [-0.2, 0) is 17.9 Å². The zero-order valence-corrected chi connectivity index (χ0v) is 20.0. The number of aromatic nitrogens is 4. The fourth-order valence-corrected chi connectivity index (χ4v) is 4.34. The molecule has 7 heteroatoms. The molecule has 0 aliphatic carbocycles. The highest BCUT2D eigenvalue weighted by Crippen LogP contribution is 2.24. The minimum atomic E-state index is -0.408. The van der Waals surface area contributed by atoms with Crippen molar-refractivity contribution in [2.45, 2.75) is 25.9 Å². The monoisotopic (exact) mass is 477 g/mol. The number of rotatable bonds is 8. The molecule has 0 aliphatic heterocycles. The number of carbonyl (C=O) groups is 1. The van der Waals surface area contributed by atoms with Crippen molar-refractivity contribution < 1.29 is 4.79 Å². The Morgan fingerprint density at radius 1 is 0.917 bits per heavy atom. The quantitative estimate of drug-likeness (QED) is 0.368. The van der Waals surface area contributed by atoms with E-state index >= 15 is 0 Å². The van der Waals surface area contributed by atoms with Crippen molar-refractivity contribution in [1.29, 1.82) is 0 Å². The number of carbonyl (C=O) groups excluding carboxylic acids is 1. The Morgan fingerprint density at radius 3 is 2.19 bits per heavy atom. The smallest absolute Gasteiger partial charge is 0.264 e. The van der Waals surface area contributed by atoms with Gasteiger partial charge in [-0.15, -0.1) is 0 Å². The van der Waals surface area contributed by atoms with Crippen molar-refractivity contribution in [3.63, 3.8) is 0 Å². The maximum atomic E-state index is 13.2. The maximum absolute atomic E-state index is 13.2. The summed E-state index contributed by atoms with van der Waals surface area (Å²) in [6.45, 7) is 3.24. The number of nitrogens with zero attached hydrogens (tertiary/aromatic N) is 4. The molecule has 2 heterocycles. The molecule has 0 unspecified atom stereocenters. The molecule has 3 aromatic carbocycles. The van der Waals surface area contributed by atoms with Crippen molar-refractivity contribution in [2.24, 2.45) is 0 Å². The van der Waals surface area contributed by atoms with E-state index in [0.717, 1.165) is 16.7 Å². The van der Waals surface area contributed by atoms with Crippen LogP contribution in [0.25, 0.3) is 11.0 Å². The number of amides is 1. The number of aryl methyl sites for hydroxylation is 1. The second-order valence-corrected chi connectivity index (χ2v) is 8.81. The topological polar surface area (TPSA) is 81.8 Å². The van der Waals surface area contributed by atoms with E-state index in [2.05, 4.69) is 15.4 Å². The van der Waals surface area contributed by atoms with Gasteiger partial charge in [-0.05, 0) is 23.6 Å². The van der Waals surface area contributed by atoms with E-state index in [1.54, 1.807) is 21.8 Å². The minimum Gasteiger partial charge on any atom is -0.353 e. The third kappa shape index (κ3) is 4.95. The van der Waals surface area contributed by atoms with Crippen molar-refractivity contribution in [2.75, 3.05) is 6.54 Å². The molecule has 1 amide bonds. The van der Waals surface area contributed by atoms with Crippen LogP contribution >= 0.6 is 0 Å². The van der Waals surface area contributed by atoms with Crippen LogP contribution in [0.2, 0.25) is 0 Å². The van der Waals surface area contributed by atoms with Crippen LogP contribution in [0.4, 0.5) is 0 Å². The van der Waals surface area contributed by atoms with Gasteiger partial charge in [0, 0.05) is 6.54 Å². The van der Waals surface area contributed by atoms with Crippen LogP contribution in [-0.4, -0.2) is 31.8 Å². The molecule has 0 saturated heterocycles. The van der Waals surface area contributed by atoms with Gasteiger partial charge in [-0.1, -0.05) is 90.5 Å². The minimum absolute atomic E-state index is 0.0859. The molecule has 2 aromatic heterocycles. The fraction of sp³-hybridized carbons (Fsp3) is 0.172. The molecular formula is C29H27N5O2. The Bertz CT molecular complexity index is 1480. The summed E-state index contributed by atoms with van der Waals surface area (Å²) in [5, 5.41) is 7.86. The largest absolute Gasteiger partial charge is 0.353 e. The van der Waals surface area contributed by atoms with Gasteiger partial charge in [0.15, 0.2) is 5.65 Å². The van der Waals surface area contributed by atoms with Crippen LogP contribution in [0, 0.1) is 6.92 Å². The van der Waals surface area contributed by atoms with Crippen molar-refractivity contribution in [3.05, 3.63) is 130 Å². The number of hydrogen-bond donors (Lipinski definition) is 1. The van der Waals surface area contributed by atoms with E-state index in [9.17, 15) is 9.59 Å². The zero-order valence-electron chi connectivity index (χ0n) is 20.0. The first kappa shape index (κ1) is 23.2. The second kappa shape index (κ2) is 10.4. The molecule has 0 radical (unpaired) electrons. The summed E-state index contributed by atoms with van der Waals surface area (Å²) in [4.78, 5) is 30.7. The van der Waals surface area contributed by atoms with Gasteiger partial charge in [-0.2, -0.15) is 5.10 Å². The molecule has 1 N–H and O–H groups in total. The van der Waals surface area contributed by atoms with E-state index in [1.807, 2.05) is 91.9 Å². The zero-order chi connectivity index (χ0) is 24.9. The SMILES string of the molecule is Cc1ccc(Cn2cnc3c(cnn3CCNC(=O)C(c3ccccc3)c3ccccc3)c2=O)cc1. The Morgan fingerprint density at radius 2 is 1.56 bits per heavy atom. The first-order valence-electron chi connectivity index (χ1n) is 11.9. The molecular weight excluding hydrogens is 450 g/mol. The molecule has 180 valence electrons. The molecule has 0 saturated carbocycles. The van der Waals surface area contributed by atoms with E-state index in [1.165, 1.54) is 5.56 Å². The van der Waals surface area contributed by atoms with Gasteiger partial charge in [0.25, 0.3) is 5.56 Å². The van der Waals surface area contributed by atoms with Crippen molar-refractivity contribution in [1.82, 2.24) is 24.6 Å². The first-order chi connectivity index (χ1) is 17.6. The number of nitrogens with one attached hydrogen (secondary N) is 1. The maximum Gasteiger partial charge on any atom is 0.264 e. The number of benzene rings is 3. The third-order valence-corrected chi connectivity index (χ3v) is 6.25. The molecule has 0 aliphatic rings. The molecule has 0 bridgehead atoms. The standard InChI is InChI=1S/C29H27N5O2/c1-21-12-14-22(15-13-21)19-33-20-31-27-25(29(33)36)18-32-34(27)17-16-30-28(35)26(23-8-4-2-5-9-23)24-10-6-3-7-11-24/h2-15,18,20,26H,16-17,19H2,1H3,(H,30,35). The fourth-order valence-electron chi connectivity index (χ4n) is 4.34. The first-order valence-corrected chi connectivity index (χ1v) is 11.9. The number of fused-ring (bicyclic) bond motifs is 1.